The topological polar surface area (TPSA) is 63.6 Å². The van der Waals surface area contributed by atoms with Crippen LogP contribution in [0.1, 0.15) is 28.9 Å². The van der Waals surface area contributed by atoms with Gasteiger partial charge in [-0.1, -0.05) is 11.6 Å². The molecule has 7 nitrogen and oxygen atoms in total. The number of nitrogens with zero attached hydrogens (tertiary/aromatic N) is 5. The number of alkyl halides is 2. The molecule has 0 aromatic carbocycles. The third kappa shape index (κ3) is 3.46. The third-order valence-corrected chi connectivity index (χ3v) is 8.32. The number of fused-ring (bicyclic) bond motifs is 3. The van der Waals surface area contributed by atoms with Gasteiger partial charge in [0.2, 0.25) is 0 Å². The molecule has 1 saturated carbocycles. The minimum absolute atomic E-state index is 0.00681. The summed E-state index contributed by atoms with van der Waals surface area (Å²) in [6, 6.07) is -0.841. The van der Waals surface area contributed by atoms with Gasteiger partial charge in [-0.25, -0.2) is 13.8 Å². The van der Waals surface area contributed by atoms with Crippen molar-refractivity contribution in [3.05, 3.63) is 17.2 Å². The van der Waals surface area contributed by atoms with Gasteiger partial charge in [-0.05, 0) is 26.3 Å². The van der Waals surface area contributed by atoms with E-state index in [1.165, 1.54) is 6.20 Å². The van der Waals surface area contributed by atoms with Crippen molar-refractivity contribution in [1.82, 2.24) is 19.9 Å². The SMILES string of the molecule is [2H]C([2H])(Oc1nc(N2CCOC[C@H]3[C@H](Cl)[C@H]32)c2cnc(Cl)c(F)c2n1)[C@@]12CCCN1[C@H](C)[C@H](F)C2. The van der Waals surface area contributed by atoms with Crippen LogP contribution in [0.4, 0.5) is 14.6 Å². The van der Waals surface area contributed by atoms with Crippen LogP contribution in [0.15, 0.2) is 6.20 Å². The first-order chi connectivity index (χ1) is 16.6. The molecule has 6 rings (SSSR count). The molecule has 3 saturated heterocycles. The molecule has 2 aromatic heterocycles. The number of hydrogen-bond donors (Lipinski definition) is 0. The predicted molar refractivity (Wildman–Crippen MR) is 121 cm³/mol. The summed E-state index contributed by atoms with van der Waals surface area (Å²) < 4.78 is 59.0. The summed E-state index contributed by atoms with van der Waals surface area (Å²) in [4.78, 5) is 16.4. The highest BCUT2D eigenvalue weighted by atomic mass is 35.5. The normalized spacial score (nSPS) is 37.4. The Morgan fingerprint density at radius 3 is 3.09 bits per heavy atom. The molecule has 2 aromatic rings. The van der Waals surface area contributed by atoms with E-state index in [4.69, 9.17) is 35.4 Å². The van der Waals surface area contributed by atoms with Gasteiger partial charge in [0, 0.05) is 31.1 Å². The molecule has 0 N–H and O–H groups in total. The van der Waals surface area contributed by atoms with E-state index >= 15 is 4.39 Å². The van der Waals surface area contributed by atoms with Gasteiger partial charge in [0.05, 0.1) is 38.3 Å². The van der Waals surface area contributed by atoms with E-state index in [0.717, 1.165) is 6.42 Å². The van der Waals surface area contributed by atoms with Crippen molar-refractivity contribution in [3.8, 4) is 6.01 Å². The van der Waals surface area contributed by atoms with Gasteiger partial charge in [-0.15, -0.1) is 11.6 Å². The van der Waals surface area contributed by atoms with Crippen molar-refractivity contribution in [3.63, 3.8) is 0 Å². The summed E-state index contributed by atoms with van der Waals surface area (Å²) in [6.07, 6.45) is 1.40. The quantitative estimate of drug-likeness (QED) is 0.468. The van der Waals surface area contributed by atoms with E-state index in [-0.39, 0.29) is 40.4 Å². The largest absolute Gasteiger partial charge is 0.461 e. The van der Waals surface area contributed by atoms with Crippen molar-refractivity contribution in [2.45, 2.75) is 55.4 Å². The van der Waals surface area contributed by atoms with Crippen LogP contribution in [-0.4, -0.2) is 81.9 Å². The average molecular weight is 502 g/mol. The fourth-order valence-electron chi connectivity index (χ4n) is 5.64. The van der Waals surface area contributed by atoms with E-state index in [9.17, 15) is 4.39 Å². The highest BCUT2D eigenvalue weighted by molar-refractivity contribution is 6.30. The lowest BCUT2D eigenvalue weighted by atomic mass is 9.94. The molecule has 6 atom stereocenters. The Morgan fingerprint density at radius 2 is 2.24 bits per heavy atom. The Morgan fingerprint density at radius 1 is 1.39 bits per heavy atom. The fourth-order valence-corrected chi connectivity index (χ4v) is 6.24. The average Bonchev–Trinajstić information content (AvgIpc) is 3.21. The van der Waals surface area contributed by atoms with Crippen LogP contribution in [0.2, 0.25) is 5.15 Å². The van der Waals surface area contributed by atoms with E-state index in [1.807, 2.05) is 9.80 Å². The maximum absolute atomic E-state index is 15.1. The Bertz CT molecular complexity index is 1180. The molecule has 4 aliphatic rings. The summed E-state index contributed by atoms with van der Waals surface area (Å²) in [5, 5.41) is -0.205. The Labute approximate surface area is 203 Å². The lowest BCUT2D eigenvalue weighted by molar-refractivity contribution is 0.0879. The molecule has 5 heterocycles. The highest BCUT2D eigenvalue weighted by Gasteiger charge is 2.55. The van der Waals surface area contributed by atoms with Crippen molar-refractivity contribution in [2.24, 2.45) is 5.92 Å². The van der Waals surface area contributed by atoms with Crippen molar-refractivity contribution < 1.29 is 21.0 Å². The first kappa shape index (κ1) is 19.7. The third-order valence-electron chi connectivity index (χ3n) is 7.47. The molecule has 11 heteroatoms. The van der Waals surface area contributed by atoms with Crippen LogP contribution < -0.4 is 9.64 Å². The van der Waals surface area contributed by atoms with Gasteiger partial charge in [0.25, 0.3) is 0 Å². The van der Waals surface area contributed by atoms with Gasteiger partial charge >= 0.3 is 6.01 Å². The molecule has 0 unspecified atom stereocenters. The smallest absolute Gasteiger partial charge is 0.319 e. The second-order valence-corrected chi connectivity index (χ2v) is 10.2. The van der Waals surface area contributed by atoms with E-state index in [1.54, 1.807) is 6.92 Å². The lowest BCUT2D eigenvalue weighted by Crippen LogP contribution is -2.46. The lowest BCUT2D eigenvalue weighted by Gasteiger charge is -2.33. The molecule has 0 bridgehead atoms. The molecule has 0 spiro atoms. The number of ether oxygens (including phenoxy) is 2. The van der Waals surface area contributed by atoms with Crippen LogP contribution in [0.5, 0.6) is 6.01 Å². The van der Waals surface area contributed by atoms with Crippen LogP contribution in [-0.2, 0) is 4.74 Å². The summed E-state index contributed by atoms with van der Waals surface area (Å²) in [6.45, 7) is 1.42. The number of halogens is 4. The van der Waals surface area contributed by atoms with Gasteiger partial charge in [-0.2, -0.15) is 9.97 Å². The highest BCUT2D eigenvalue weighted by Crippen LogP contribution is 2.46. The summed E-state index contributed by atoms with van der Waals surface area (Å²) >= 11 is 12.4. The molecule has 0 amide bonds. The predicted octanol–water partition coefficient (Wildman–Crippen LogP) is 3.60. The van der Waals surface area contributed by atoms with E-state index in [2.05, 4.69) is 15.0 Å². The molecular formula is C22H25Cl2F2N5O2. The van der Waals surface area contributed by atoms with Crippen molar-refractivity contribution in [1.29, 1.82) is 0 Å². The van der Waals surface area contributed by atoms with Gasteiger partial charge in [0.1, 0.15) is 24.1 Å². The molecular weight excluding hydrogens is 475 g/mol. The van der Waals surface area contributed by atoms with Crippen molar-refractivity contribution in [2.75, 3.05) is 37.8 Å². The maximum Gasteiger partial charge on any atom is 0.319 e. The number of pyridine rings is 1. The maximum atomic E-state index is 15.1. The molecule has 3 aliphatic heterocycles. The molecule has 1 aliphatic carbocycles. The summed E-state index contributed by atoms with van der Waals surface area (Å²) in [5.41, 5.74) is -1.28. The summed E-state index contributed by atoms with van der Waals surface area (Å²) in [5.74, 6) is -0.424. The monoisotopic (exact) mass is 501 g/mol. The molecule has 0 radical (unpaired) electrons. The second kappa shape index (κ2) is 8.00. The fraction of sp³-hybridized carbons (Fsp3) is 0.682. The molecule has 178 valence electrons. The van der Waals surface area contributed by atoms with Crippen LogP contribution in [0.3, 0.4) is 0 Å². The Kier molecular flexibility index (Phi) is 4.78. The van der Waals surface area contributed by atoms with Gasteiger partial charge < -0.3 is 14.4 Å². The first-order valence-electron chi connectivity index (χ1n) is 12.2. The summed E-state index contributed by atoms with van der Waals surface area (Å²) in [7, 11) is 0. The standard InChI is InChI=1S/C22H25Cl2F2N5O2/c1-11-14(25)7-22(3-2-4-31(11)22)10-33-21-28-17-12(8-27-19(24)16(17)26)20(29-21)30-5-6-32-9-13-15(23)18(13)30/h8,11,13-15,18H,2-7,9-10H2,1H3/t11-,13+,14-,15+,18+,22+/m1/s1/i10D2. The molecule has 4 fully saturated rings. The van der Waals surface area contributed by atoms with Gasteiger partial charge in [-0.3, -0.25) is 4.90 Å². The Hall–Kier alpha value is -1.55. The number of hydrogen-bond acceptors (Lipinski definition) is 7. The van der Waals surface area contributed by atoms with Gasteiger partial charge in [0.15, 0.2) is 11.0 Å². The zero-order chi connectivity index (χ0) is 24.7. The van der Waals surface area contributed by atoms with Crippen molar-refractivity contribution >= 4 is 39.9 Å². The van der Waals surface area contributed by atoms with E-state index in [0.29, 0.717) is 43.9 Å². The Balaban J connectivity index is 1.44. The first-order valence-corrected chi connectivity index (χ1v) is 12.1. The van der Waals surface area contributed by atoms with Crippen LogP contribution in [0.25, 0.3) is 10.9 Å². The zero-order valence-corrected chi connectivity index (χ0v) is 19.5. The van der Waals surface area contributed by atoms with E-state index < -0.39 is 30.1 Å². The van der Waals surface area contributed by atoms with Crippen LogP contribution in [0, 0.1) is 11.7 Å². The second-order valence-electron chi connectivity index (χ2n) is 9.32. The minimum atomic E-state index is -2.32. The number of anilines is 1. The number of rotatable bonds is 4. The van der Waals surface area contributed by atoms with Crippen LogP contribution >= 0.6 is 23.2 Å². The minimum Gasteiger partial charge on any atom is -0.461 e. The zero-order valence-electron chi connectivity index (χ0n) is 20.0. The number of aromatic nitrogens is 3. The molecule has 33 heavy (non-hydrogen) atoms.